The minimum atomic E-state index is -0.788. The van der Waals surface area contributed by atoms with E-state index >= 15 is 4.39 Å². The zero-order chi connectivity index (χ0) is 33.8. The minimum absolute atomic E-state index is 0.00299. The number of aromatic nitrogens is 2. The van der Waals surface area contributed by atoms with Gasteiger partial charge >= 0.3 is 6.03 Å². The molecule has 244 valence electrons. The number of hydrogen-bond donors (Lipinski definition) is 2. The number of aryl methyl sites for hydroxylation is 1. The normalized spacial score (nSPS) is 11.2. The van der Waals surface area contributed by atoms with Crippen LogP contribution in [0.4, 0.5) is 30.8 Å². The number of hydrogen-bond acceptors (Lipinski definition) is 6. The van der Waals surface area contributed by atoms with Gasteiger partial charge in [0.2, 0.25) is 0 Å². The number of urea groups is 1. The van der Waals surface area contributed by atoms with E-state index in [9.17, 15) is 14.0 Å². The Morgan fingerprint density at radius 1 is 0.936 bits per heavy atom. The van der Waals surface area contributed by atoms with Gasteiger partial charge in [-0.2, -0.15) is 0 Å². The molecule has 12 heteroatoms. The van der Waals surface area contributed by atoms with Gasteiger partial charge in [-0.3, -0.25) is 4.79 Å². The molecule has 0 bridgehead atoms. The van der Waals surface area contributed by atoms with Crippen LogP contribution in [-0.4, -0.2) is 48.7 Å². The maximum absolute atomic E-state index is 15.0. The highest BCUT2D eigenvalue weighted by molar-refractivity contribution is 6.33. The predicted molar refractivity (Wildman–Crippen MR) is 184 cm³/mol. The number of benzene rings is 3. The van der Waals surface area contributed by atoms with Crippen molar-refractivity contribution >= 4 is 45.7 Å². The van der Waals surface area contributed by atoms with Crippen LogP contribution in [0.3, 0.4) is 0 Å². The molecule has 2 amide bonds. The summed E-state index contributed by atoms with van der Waals surface area (Å²) in [5.74, 6) is 0.256. The molecular weight excluding hydrogens is 626 g/mol. The van der Waals surface area contributed by atoms with Crippen molar-refractivity contribution in [3.63, 3.8) is 0 Å². The maximum atomic E-state index is 15.0. The van der Waals surface area contributed by atoms with Gasteiger partial charge in [0.1, 0.15) is 23.2 Å². The second kappa shape index (κ2) is 14.2. The van der Waals surface area contributed by atoms with Crippen molar-refractivity contribution in [2.24, 2.45) is 0 Å². The zero-order valence-corrected chi connectivity index (χ0v) is 27.5. The highest BCUT2D eigenvalue weighted by atomic mass is 35.5. The molecule has 2 aromatic heterocycles. The number of pyridine rings is 2. The lowest BCUT2D eigenvalue weighted by Crippen LogP contribution is -2.23. The van der Waals surface area contributed by atoms with Gasteiger partial charge in [0.25, 0.3) is 5.56 Å². The Bertz CT molecular complexity index is 2000. The first-order chi connectivity index (χ1) is 22.5. The first kappa shape index (κ1) is 33.4. The highest BCUT2D eigenvalue weighted by Crippen LogP contribution is 2.33. The molecule has 5 aromatic rings. The van der Waals surface area contributed by atoms with Gasteiger partial charge in [0.15, 0.2) is 0 Å². The number of nitrogens with one attached hydrogen (secondary N) is 2. The second-order valence-electron chi connectivity index (χ2n) is 11.3. The molecule has 2 N–H and O–H groups in total. The summed E-state index contributed by atoms with van der Waals surface area (Å²) in [4.78, 5) is 35.1. The van der Waals surface area contributed by atoms with Crippen LogP contribution >= 0.6 is 11.6 Å². The molecule has 0 fully saturated rings. The number of ether oxygens (including phenoxy) is 1. The van der Waals surface area contributed by atoms with Crippen LogP contribution in [0.25, 0.3) is 22.0 Å². The van der Waals surface area contributed by atoms with E-state index in [1.807, 2.05) is 49.2 Å². The number of carbonyl (C=O) groups excluding carboxylic acids is 1. The molecular formula is C35H35ClF2N6O3. The van der Waals surface area contributed by atoms with Crippen molar-refractivity contribution in [3.8, 4) is 16.9 Å². The van der Waals surface area contributed by atoms with Gasteiger partial charge in [-0.1, -0.05) is 23.7 Å². The molecule has 0 saturated heterocycles. The molecule has 3 aromatic carbocycles. The first-order valence-corrected chi connectivity index (χ1v) is 15.2. The average Bonchev–Trinajstić information content (AvgIpc) is 3.03. The number of anilines is 3. The molecule has 0 saturated carbocycles. The van der Waals surface area contributed by atoms with Gasteiger partial charge in [0.05, 0.1) is 23.3 Å². The molecule has 0 spiro atoms. The third kappa shape index (κ3) is 7.53. The van der Waals surface area contributed by atoms with E-state index in [1.54, 1.807) is 42.9 Å². The Morgan fingerprint density at radius 2 is 1.68 bits per heavy atom. The van der Waals surface area contributed by atoms with Crippen LogP contribution < -0.4 is 25.8 Å². The van der Waals surface area contributed by atoms with Crippen LogP contribution in [0, 0.1) is 11.6 Å². The number of nitrogens with zero attached hydrogens (tertiary/aromatic N) is 4. The van der Waals surface area contributed by atoms with Gasteiger partial charge in [-0.05, 0) is 75.1 Å². The molecule has 9 nitrogen and oxygen atoms in total. The van der Waals surface area contributed by atoms with E-state index in [2.05, 4.69) is 15.6 Å². The Hall–Kier alpha value is -5.00. The van der Waals surface area contributed by atoms with Gasteiger partial charge in [-0.25, -0.2) is 18.6 Å². The number of rotatable bonds is 10. The van der Waals surface area contributed by atoms with Crippen LogP contribution in [0.15, 0.2) is 77.7 Å². The van der Waals surface area contributed by atoms with Crippen molar-refractivity contribution in [3.05, 3.63) is 111 Å². The molecule has 2 heterocycles. The summed E-state index contributed by atoms with van der Waals surface area (Å²) in [7, 11) is 7.14. The van der Waals surface area contributed by atoms with E-state index in [1.165, 1.54) is 24.3 Å². The summed E-state index contributed by atoms with van der Waals surface area (Å²) in [6.45, 7) is 3.13. The van der Waals surface area contributed by atoms with Gasteiger partial charge in [0, 0.05) is 66.7 Å². The summed E-state index contributed by atoms with van der Waals surface area (Å²) < 4.78 is 36.1. The van der Waals surface area contributed by atoms with Crippen molar-refractivity contribution in [1.82, 2.24) is 14.5 Å². The van der Waals surface area contributed by atoms with E-state index in [-0.39, 0.29) is 27.4 Å². The quantitative estimate of drug-likeness (QED) is 0.163. The molecule has 0 unspecified atom stereocenters. The highest BCUT2D eigenvalue weighted by Gasteiger charge is 2.19. The number of carbonyl (C=O) groups is 1. The smallest absolute Gasteiger partial charge is 0.323 e. The fraction of sp³-hybridized carbons (Fsp3) is 0.229. The standard InChI is InChI=1S/C35H35ClF2N6O3/c1-6-44-32-17-33(43(4)19-21-7-10-25(47-5)11-8-21)39-18-22(32)14-27(34(44)45)26-15-31(30(38)16-28(26)36)41-35(46)40-24-9-12-29(37)23(13-24)20-42(2)3/h7-18H,6,19-20H2,1-5H3,(H2,40,41,46). The van der Waals surface area contributed by atoms with Crippen LogP contribution in [0.1, 0.15) is 18.1 Å². The number of methoxy groups -OCH3 is 1. The molecule has 0 atom stereocenters. The number of fused-ring (bicyclic) bond motifs is 1. The Kier molecular flexibility index (Phi) is 10.1. The maximum Gasteiger partial charge on any atom is 0.323 e. The lowest BCUT2D eigenvalue weighted by Gasteiger charge is -2.20. The number of halogens is 3. The van der Waals surface area contributed by atoms with Crippen molar-refractivity contribution < 1.29 is 18.3 Å². The molecule has 47 heavy (non-hydrogen) atoms. The van der Waals surface area contributed by atoms with E-state index in [4.69, 9.17) is 16.3 Å². The molecule has 0 aliphatic heterocycles. The second-order valence-corrected chi connectivity index (χ2v) is 11.8. The lowest BCUT2D eigenvalue weighted by molar-refractivity contribution is 0.262. The Balaban J connectivity index is 1.43. The van der Waals surface area contributed by atoms with Crippen LogP contribution in [0.2, 0.25) is 5.02 Å². The summed E-state index contributed by atoms with van der Waals surface area (Å²) in [5, 5.41) is 5.77. The molecule has 0 aliphatic rings. The van der Waals surface area contributed by atoms with Crippen molar-refractivity contribution in [2.75, 3.05) is 43.8 Å². The fourth-order valence-corrected chi connectivity index (χ4v) is 5.57. The van der Waals surface area contributed by atoms with Crippen LogP contribution in [-0.2, 0) is 19.6 Å². The third-order valence-corrected chi connectivity index (χ3v) is 7.95. The Morgan fingerprint density at radius 3 is 2.36 bits per heavy atom. The predicted octanol–water partition coefficient (Wildman–Crippen LogP) is 7.37. The SMILES string of the molecule is CCn1c(=O)c(-c2cc(NC(=O)Nc3ccc(F)c(CN(C)C)c3)c(F)cc2Cl)cc2cnc(N(C)Cc3ccc(OC)cc3)cc21. The monoisotopic (exact) mass is 660 g/mol. The van der Waals surface area contributed by atoms with E-state index in [0.717, 1.165) is 17.4 Å². The van der Waals surface area contributed by atoms with Gasteiger partial charge < -0.3 is 29.7 Å². The van der Waals surface area contributed by atoms with Crippen molar-refractivity contribution in [2.45, 2.75) is 26.6 Å². The third-order valence-electron chi connectivity index (χ3n) is 7.64. The van der Waals surface area contributed by atoms with Crippen LogP contribution in [0.5, 0.6) is 5.75 Å². The summed E-state index contributed by atoms with van der Waals surface area (Å²) >= 11 is 6.47. The molecule has 0 aliphatic carbocycles. The summed E-state index contributed by atoms with van der Waals surface area (Å²) in [5.41, 5.74) is 2.41. The fourth-order valence-electron chi connectivity index (χ4n) is 5.31. The van der Waals surface area contributed by atoms with Gasteiger partial charge in [-0.15, -0.1) is 0 Å². The van der Waals surface area contributed by atoms with Crippen molar-refractivity contribution in [1.29, 1.82) is 0 Å². The summed E-state index contributed by atoms with van der Waals surface area (Å²) in [6, 6.07) is 17.1. The zero-order valence-electron chi connectivity index (χ0n) is 26.7. The first-order valence-electron chi connectivity index (χ1n) is 14.9. The summed E-state index contributed by atoms with van der Waals surface area (Å²) in [6.07, 6.45) is 1.68. The number of amides is 2. The molecule has 5 rings (SSSR count). The topological polar surface area (TPSA) is 91.7 Å². The average molecular weight is 661 g/mol. The minimum Gasteiger partial charge on any atom is -0.497 e. The molecule has 0 radical (unpaired) electrons. The largest absolute Gasteiger partial charge is 0.497 e. The lowest BCUT2D eigenvalue weighted by atomic mass is 10.0. The van der Waals surface area contributed by atoms with E-state index in [0.29, 0.717) is 47.6 Å². The van der Waals surface area contributed by atoms with E-state index < -0.39 is 17.7 Å². The Labute approximate surface area is 276 Å².